The Hall–Kier alpha value is -0.610. The lowest BCUT2D eigenvalue weighted by molar-refractivity contribution is -0.124. The van der Waals surface area contributed by atoms with Crippen molar-refractivity contribution < 1.29 is 9.53 Å². The molecule has 0 aromatic rings. The number of carbonyl (C=O) groups excluding carboxylic acids is 1. The zero-order valence-electron chi connectivity index (χ0n) is 9.17. The number of methoxy groups -OCH3 is 1. The van der Waals surface area contributed by atoms with E-state index >= 15 is 0 Å². The number of carbonyl (C=O) groups is 1. The molecule has 0 radical (unpaired) electrons. The van der Waals surface area contributed by atoms with Gasteiger partial charge in [0.1, 0.15) is 0 Å². The van der Waals surface area contributed by atoms with Gasteiger partial charge in [0.15, 0.2) is 0 Å². The lowest BCUT2D eigenvalue weighted by Gasteiger charge is -2.20. The third-order valence-corrected chi connectivity index (χ3v) is 2.75. The van der Waals surface area contributed by atoms with E-state index in [1.54, 1.807) is 7.11 Å². The third kappa shape index (κ3) is 2.69. The van der Waals surface area contributed by atoms with Crippen LogP contribution in [0.25, 0.3) is 0 Å². The highest BCUT2D eigenvalue weighted by atomic mass is 16.5. The minimum absolute atomic E-state index is 0.0415. The zero-order chi connectivity index (χ0) is 10.8. The van der Waals surface area contributed by atoms with Crippen LogP contribution in [0.15, 0.2) is 0 Å². The number of hydrogen-bond donors (Lipinski definition) is 2. The minimum Gasteiger partial charge on any atom is -0.379 e. The summed E-state index contributed by atoms with van der Waals surface area (Å²) in [6, 6.07) is 0. The van der Waals surface area contributed by atoms with Gasteiger partial charge in [0.2, 0.25) is 5.91 Å². The quantitative estimate of drug-likeness (QED) is 0.669. The molecule has 1 unspecified atom stereocenters. The topological polar surface area (TPSA) is 64.3 Å². The minimum atomic E-state index is -0.574. The highest BCUT2D eigenvalue weighted by molar-refractivity contribution is 5.88. The Kier molecular flexibility index (Phi) is 3.50. The molecule has 0 aliphatic heterocycles. The molecule has 4 nitrogen and oxygen atoms in total. The molecule has 0 bridgehead atoms. The van der Waals surface area contributed by atoms with Crippen molar-refractivity contribution in [1.29, 1.82) is 0 Å². The second-order valence-electron chi connectivity index (χ2n) is 4.38. The van der Waals surface area contributed by atoms with E-state index in [0.29, 0.717) is 12.5 Å². The molecular formula is C10H20N2O2. The van der Waals surface area contributed by atoms with E-state index in [2.05, 4.69) is 19.2 Å². The number of rotatable bonds is 5. The van der Waals surface area contributed by atoms with Crippen LogP contribution in [-0.2, 0) is 9.53 Å². The summed E-state index contributed by atoms with van der Waals surface area (Å²) >= 11 is 0. The van der Waals surface area contributed by atoms with Crippen LogP contribution in [-0.4, -0.2) is 31.2 Å². The average molecular weight is 200 g/mol. The van der Waals surface area contributed by atoms with Crippen molar-refractivity contribution in [2.75, 3.05) is 13.7 Å². The number of nitrogens with one attached hydrogen (secondary N) is 1. The summed E-state index contributed by atoms with van der Waals surface area (Å²) in [7, 11) is 1.66. The molecule has 82 valence electrons. The smallest absolute Gasteiger partial charge is 0.240 e. The van der Waals surface area contributed by atoms with Gasteiger partial charge in [-0.15, -0.1) is 0 Å². The first kappa shape index (κ1) is 11.5. The molecule has 1 aliphatic rings. The Morgan fingerprint density at radius 1 is 1.57 bits per heavy atom. The van der Waals surface area contributed by atoms with Crippen LogP contribution in [0.2, 0.25) is 0 Å². The molecule has 1 atom stereocenters. The molecule has 3 N–H and O–H groups in total. The first-order valence-corrected chi connectivity index (χ1v) is 5.09. The first-order valence-electron chi connectivity index (χ1n) is 5.09. The van der Waals surface area contributed by atoms with Gasteiger partial charge in [-0.05, 0) is 18.8 Å². The molecule has 0 aromatic heterocycles. The van der Waals surface area contributed by atoms with Crippen LogP contribution < -0.4 is 11.1 Å². The normalized spacial score (nSPS) is 20.6. The Morgan fingerprint density at radius 3 is 2.50 bits per heavy atom. The molecule has 0 heterocycles. The third-order valence-electron chi connectivity index (χ3n) is 2.75. The van der Waals surface area contributed by atoms with Gasteiger partial charge in [-0.2, -0.15) is 0 Å². The molecule has 1 aliphatic carbocycles. The molecule has 14 heavy (non-hydrogen) atoms. The van der Waals surface area contributed by atoms with Crippen molar-refractivity contribution >= 4 is 5.91 Å². The van der Waals surface area contributed by atoms with Gasteiger partial charge < -0.3 is 15.8 Å². The van der Waals surface area contributed by atoms with E-state index in [9.17, 15) is 4.79 Å². The van der Waals surface area contributed by atoms with Crippen LogP contribution in [0.3, 0.4) is 0 Å². The summed E-state index contributed by atoms with van der Waals surface area (Å²) in [5, 5.41) is 2.83. The Morgan fingerprint density at radius 2 is 2.14 bits per heavy atom. The molecule has 1 rings (SSSR count). The SMILES string of the molecule is COC(CNC(=O)C1(N)CC1)C(C)C. The van der Waals surface area contributed by atoms with E-state index < -0.39 is 5.54 Å². The van der Waals surface area contributed by atoms with Gasteiger partial charge in [-0.25, -0.2) is 0 Å². The Labute approximate surface area is 85.2 Å². The van der Waals surface area contributed by atoms with Crippen molar-refractivity contribution in [3.05, 3.63) is 0 Å². The van der Waals surface area contributed by atoms with E-state index in [-0.39, 0.29) is 12.0 Å². The van der Waals surface area contributed by atoms with Gasteiger partial charge >= 0.3 is 0 Å². The van der Waals surface area contributed by atoms with Crippen molar-refractivity contribution in [2.24, 2.45) is 11.7 Å². The highest BCUT2D eigenvalue weighted by Gasteiger charge is 2.45. The van der Waals surface area contributed by atoms with Gasteiger partial charge in [0.05, 0.1) is 11.6 Å². The first-order chi connectivity index (χ1) is 6.49. The monoisotopic (exact) mass is 200 g/mol. The summed E-state index contributed by atoms with van der Waals surface area (Å²) in [5.41, 5.74) is 5.17. The summed E-state index contributed by atoms with van der Waals surface area (Å²) in [4.78, 5) is 11.5. The molecule has 1 fully saturated rings. The van der Waals surface area contributed by atoms with Crippen molar-refractivity contribution in [3.63, 3.8) is 0 Å². The maximum atomic E-state index is 11.5. The van der Waals surface area contributed by atoms with Gasteiger partial charge in [-0.1, -0.05) is 13.8 Å². The fraction of sp³-hybridized carbons (Fsp3) is 0.900. The van der Waals surface area contributed by atoms with Crippen LogP contribution >= 0.6 is 0 Å². The molecule has 0 saturated heterocycles. The van der Waals surface area contributed by atoms with E-state index in [1.165, 1.54) is 0 Å². The van der Waals surface area contributed by atoms with Crippen molar-refractivity contribution in [2.45, 2.75) is 38.3 Å². The molecule has 0 spiro atoms. The zero-order valence-corrected chi connectivity index (χ0v) is 9.17. The van der Waals surface area contributed by atoms with Crippen LogP contribution in [0.1, 0.15) is 26.7 Å². The maximum absolute atomic E-state index is 11.5. The number of hydrogen-bond acceptors (Lipinski definition) is 3. The molecular weight excluding hydrogens is 180 g/mol. The summed E-state index contributed by atoms with van der Waals surface area (Å²) < 4.78 is 5.24. The van der Waals surface area contributed by atoms with Gasteiger partial charge in [-0.3, -0.25) is 4.79 Å². The number of ether oxygens (including phenoxy) is 1. The second kappa shape index (κ2) is 4.28. The highest BCUT2D eigenvalue weighted by Crippen LogP contribution is 2.32. The largest absolute Gasteiger partial charge is 0.379 e. The Bertz CT molecular complexity index is 212. The number of nitrogens with two attached hydrogens (primary N) is 1. The van der Waals surface area contributed by atoms with E-state index in [0.717, 1.165) is 12.8 Å². The molecule has 4 heteroatoms. The van der Waals surface area contributed by atoms with Crippen molar-refractivity contribution in [1.82, 2.24) is 5.32 Å². The fourth-order valence-corrected chi connectivity index (χ4v) is 1.32. The second-order valence-corrected chi connectivity index (χ2v) is 4.38. The lowest BCUT2D eigenvalue weighted by Crippen LogP contribution is -2.46. The fourth-order valence-electron chi connectivity index (χ4n) is 1.32. The predicted molar refractivity (Wildman–Crippen MR) is 54.8 cm³/mol. The molecule has 0 aromatic carbocycles. The van der Waals surface area contributed by atoms with Crippen LogP contribution in [0.4, 0.5) is 0 Å². The molecule has 1 amide bonds. The number of amides is 1. The van der Waals surface area contributed by atoms with Gasteiger partial charge in [0.25, 0.3) is 0 Å². The van der Waals surface area contributed by atoms with Crippen LogP contribution in [0.5, 0.6) is 0 Å². The van der Waals surface area contributed by atoms with Gasteiger partial charge in [0, 0.05) is 13.7 Å². The van der Waals surface area contributed by atoms with Crippen LogP contribution in [0, 0.1) is 5.92 Å². The van der Waals surface area contributed by atoms with E-state index in [4.69, 9.17) is 10.5 Å². The average Bonchev–Trinajstić information content (AvgIpc) is 2.85. The van der Waals surface area contributed by atoms with E-state index in [1.807, 2.05) is 0 Å². The standard InChI is InChI=1S/C10H20N2O2/c1-7(2)8(14-3)6-12-9(13)10(11)4-5-10/h7-8H,4-6,11H2,1-3H3,(H,12,13). The lowest BCUT2D eigenvalue weighted by atomic mass is 10.1. The Balaban J connectivity index is 2.28. The summed E-state index contributed by atoms with van der Waals surface area (Å²) in [5.74, 6) is 0.355. The molecule has 1 saturated carbocycles. The predicted octanol–water partition coefficient (Wildman–Crippen LogP) is 0.265. The maximum Gasteiger partial charge on any atom is 0.240 e. The summed E-state index contributed by atoms with van der Waals surface area (Å²) in [6.07, 6.45) is 1.68. The van der Waals surface area contributed by atoms with Crippen molar-refractivity contribution in [3.8, 4) is 0 Å². The summed E-state index contributed by atoms with van der Waals surface area (Å²) in [6.45, 7) is 4.68.